The molecule has 2 nitrogen and oxygen atoms in total. The fourth-order valence-corrected chi connectivity index (χ4v) is 1.23. The third kappa shape index (κ3) is 7.53. The van der Waals surface area contributed by atoms with E-state index in [1.807, 2.05) is 0 Å². The Hall–Kier alpha value is -0.370. The van der Waals surface area contributed by atoms with Crippen molar-refractivity contribution < 1.29 is 4.79 Å². The van der Waals surface area contributed by atoms with Gasteiger partial charge in [-0.1, -0.05) is 19.8 Å². The monoisotopic (exact) mass is 157 g/mol. The molecule has 2 N–H and O–H groups in total. The van der Waals surface area contributed by atoms with Crippen molar-refractivity contribution in [1.29, 1.82) is 0 Å². The molecule has 11 heavy (non-hydrogen) atoms. The summed E-state index contributed by atoms with van der Waals surface area (Å²) < 4.78 is 0. The first-order chi connectivity index (χ1) is 5.16. The van der Waals surface area contributed by atoms with Crippen LogP contribution in [0.5, 0.6) is 0 Å². The molecule has 1 atom stereocenters. The van der Waals surface area contributed by atoms with Crippen molar-refractivity contribution in [1.82, 2.24) is 0 Å². The second-order valence-corrected chi connectivity index (χ2v) is 3.30. The maximum atomic E-state index is 10.7. The zero-order valence-electron chi connectivity index (χ0n) is 7.60. The molecule has 0 aromatic heterocycles. The van der Waals surface area contributed by atoms with Crippen LogP contribution < -0.4 is 5.73 Å². The first kappa shape index (κ1) is 10.6. The van der Waals surface area contributed by atoms with Crippen LogP contribution in [0.1, 0.15) is 39.5 Å². The Labute approximate surface area is 69.2 Å². The third-order valence-corrected chi connectivity index (χ3v) is 1.79. The normalized spacial score (nSPS) is 13.0. The smallest absolute Gasteiger partial charge is 0.130 e. The van der Waals surface area contributed by atoms with Gasteiger partial charge in [-0.15, -0.1) is 0 Å². The number of carbonyl (C=O) groups excluding carboxylic acids is 1. The summed E-state index contributed by atoms with van der Waals surface area (Å²) in [5.74, 6) is 0.837. The second-order valence-electron chi connectivity index (χ2n) is 3.30. The number of unbranched alkanes of at least 4 members (excludes halogenated alkanes) is 1. The molecule has 2 heteroatoms. The summed E-state index contributed by atoms with van der Waals surface area (Å²) in [6.07, 6.45) is 4.11. The highest BCUT2D eigenvalue weighted by Gasteiger charge is 2.03. The van der Waals surface area contributed by atoms with E-state index in [2.05, 4.69) is 6.92 Å². The molecule has 0 saturated carbocycles. The number of rotatable bonds is 6. The second kappa shape index (κ2) is 6.35. The van der Waals surface area contributed by atoms with E-state index >= 15 is 0 Å². The molecular weight excluding hydrogens is 138 g/mol. The SMILES string of the molecule is CC(=O)CC(C)CCCCN. The van der Waals surface area contributed by atoms with Crippen molar-refractivity contribution >= 4 is 5.78 Å². The van der Waals surface area contributed by atoms with Gasteiger partial charge in [0.2, 0.25) is 0 Å². The van der Waals surface area contributed by atoms with Gasteiger partial charge in [0.05, 0.1) is 0 Å². The maximum Gasteiger partial charge on any atom is 0.130 e. The fraction of sp³-hybridized carbons (Fsp3) is 0.889. The van der Waals surface area contributed by atoms with Crippen LogP contribution in [0, 0.1) is 5.92 Å². The van der Waals surface area contributed by atoms with Crippen LogP contribution in [-0.2, 0) is 4.79 Å². The van der Waals surface area contributed by atoms with Crippen molar-refractivity contribution in [2.45, 2.75) is 39.5 Å². The molecule has 0 aliphatic rings. The number of carbonyl (C=O) groups is 1. The average molecular weight is 157 g/mol. The minimum atomic E-state index is 0.297. The van der Waals surface area contributed by atoms with E-state index in [4.69, 9.17) is 5.73 Å². The number of hydrogen-bond donors (Lipinski definition) is 1. The first-order valence-electron chi connectivity index (χ1n) is 4.36. The molecule has 0 aromatic carbocycles. The van der Waals surface area contributed by atoms with Gasteiger partial charge in [0.15, 0.2) is 0 Å². The predicted molar refractivity (Wildman–Crippen MR) is 47.4 cm³/mol. The van der Waals surface area contributed by atoms with Crippen LogP contribution in [0.15, 0.2) is 0 Å². The van der Waals surface area contributed by atoms with Gasteiger partial charge in [-0.25, -0.2) is 0 Å². The Kier molecular flexibility index (Phi) is 6.13. The lowest BCUT2D eigenvalue weighted by molar-refractivity contribution is -0.117. The Balaban J connectivity index is 3.22. The fourth-order valence-electron chi connectivity index (χ4n) is 1.23. The van der Waals surface area contributed by atoms with Crippen molar-refractivity contribution in [3.05, 3.63) is 0 Å². The number of Topliss-reactive ketones (excluding diaryl/α,β-unsaturated/α-hetero) is 1. The van der Waals surface area contributed by atoms with Gasteiger partial charge in [-0.2, -0.15) is 0 Å². The highest BCUT2D eigenvalue weighted by atomic mass is 16.1. The number of hydrogen-bond acceptors (Lipinski definition) is 2. The lowest BCUT2D eigenvalue weighted by Crippen LogP contribution is -2.03. The molecule has 0 fully saturated rings. The highest BCUT2D eigenvalue weighted by Crippen LogP contribution is 2.11. The minimum absolute atomic E-state index is 0.297. The van der Waals surface area contributed by atoms with E-state index < -0.39 is 0 Å². The zero-order valence-corrected chi connectivity index (χ0v) is 7.60. The standard InChI is InChI=1S/C9H19NO/c1-8(7-9(2)11)5-3-4-6-10/h8H,3-7,10H2,1-2H3. The Morgan fingerprint density at radius 3 is 2.55 bits per heavy atom. The molecule has 0 spiro atoms. The minimum Gasteiger partial charge on any atom is -0.330 e. The molecule has 0 aliphatic carbocycles. The Bertz CT molecular complexity index is 112. The van der Waals surface area contributed by atoms with E-state index in [0.717, 1.165) is 32.2 Å². The van der Waals surface area contributed by atoms with E-state index in [1.165, 1.54) is 0 Å². The van der Waals surface area contributed by atoms with Gasteiger partial charge in [-0.3, -0.25) is 0 Å². The van der Waals surface area contributed by atoms with Crippen molar-refractivity contribution in [2.75, 3.05) is 6.54 Å². The molecule has 0 heterocycles. The van der Waals surface area contributed by atoms with E-state index in [1.54, 1.807) is 6.92 Å². The third-order valence-electron chi connectivity index (χ3n) is 1.79. The van der Waals surface area contributed by atoms with Gasteiger partial charge in [0.25, 0.3) is 0 Å². The highest BCUT2D eigenvalue weighted by molar-refractivity contribution is 5.75. The topological polar surface area (TPSA) is 43.1 Å². The number of ketones is 1. The summed E-state index contributed by atoms with van der Waals surface area (Å²) in [6, 6.07) is 0. The summed E-state index contributed by atoms with van der Waals surface area (Å²) in [5, 5.41) is 0. The van der Waals surface area contributed by atoms with Crippen molar-refractivity contribution in [3.8, 4) is 0 Å². The average Bonchev–Trinajstić information content (AvgIpc) is 1.86. The van der Waals surface area contributed by atoms with Crippen LogP contribution >= 0.6 is 0 Å². The summed E-state index contributed by atoms with van der Waals surface area (Å²) in [6.45, 7) is 4.55. The van der Waals surface area contributed by atoms with Crippen LogP contribution in [0.4, 0.5) is 0 Å². The molecular formula is C9H19NO. The van der Waals surface area contributed by atoms with E-state index in [-0.39, 0.29) is 0 Å². The molecule has 0 saturated heterocycles. The molecule has 0 radical (unpaired) electrons. The van der Waals surface area contributed by atoms with Crippen LogP contribution in [0.3, 0.4) is 0 Å². The maximum absolute atomic E-state index is 10.7. The van der Waals surface area contributed by atoms with Crippen LogP contribution in [0.2, 0.25) is 0 Å². The summed E-state index contributed by atoms with van der Waals surface area (Å²) in [5.41, 5.74) is 5.35. The lowest BCUT2D eigenvalue weighted by atomic mass is 9.99. The number of nitrogens with two attached hydrogens (primary N) is 1. The van der Waals surface area contributed by atoms with Crippen molar-refractivity contribution in [2.24, 2.45) is 11.7 Å². The Morgan fingerprint density at radius 2 is 2.09 bits per heavy atom. The summed E-state index contributed by atoms with van der Waals surface area (Å²) >= 11 is 0. The van der Waals surface area contributed by atoms with Gasteiger partial charge < -0.3 is 10.5 Å². The van der Waals surface area contributed by atoms with Gasteiger partial charge in [0.1, 0.15) is 5.78 Å². The Morgan fingerprint density at radius 1 is 1.45 bits per heavy atom. The zero-order chi connectivity index (χ0) is 8.69. The van der Waals surface area contributed by atoms with E-state index in [9.17, 15) is 4.79 Å². The predicted octanol–water partition coefficient (Wildman–Crippen LogP) is 1.73. The molecule has 0 aliphatic heterocycles. The van der Waals surface area contributed by atoms with Crippen LogP contribution in [0.25, 0.3) is 0 Å². The van der Waals surface area contributed by atoms with Gasteiger partial charge in [-0.05, 0) is 25.8 Å². The quantitative estimate of drug-likeness (QED) is 0.597. The van der Waals surface area contributed by atoms with Crippen molar-refractivity contribution in [3.63, 3.8) is 0 Å². The molecule has 1 unspecified atom stereocenters. The summed E-state index contributed by atoms with van der Waals surface area (Å²) in [4.78, 5) is 10.7. The van der Waals surface area contributed by atoms with Crippen LogP contribution in [-0.4, -0.2) is 12.3 Å². The van der Waals surface area contributed by atoms with Gasteiger partial charge in [0, 0.05) is 6.42 Å². The molecule has 0 bridgehead atoms. The first-order valence-corrected chi connectivity index (χ1v) is 4.36. The molecule has 0 amide bonds. The lowest BCUT2D eigenvalue weighted by Gasteiger charge is -2.07. The van der Waals surface area contributed by atoms with Gasteiger partial charge >= 0.3 is 0 Å². The molecule has 0 rings (SSSR count). The molecule has 0 aromatic rings. The van der Waals surface area contributed by atoms with E-state index in [0.29, 0.717) is 11.7 Å². The largest absolute Gasteiger partial charge is 0.330 e. The molecule has 66 valence electrons. The summed E-state index contributed by atoms with van der Waals surface area (Å²) in [7, 11) is 0.